The van der Waals surface area contributed by atoms with Gasteiger partial charge in [0.25, 0.3) is 15.9 Å². The van der Waals surface area contributed by atoms with Crippen LogP contribution in [0.5, 0.6) is 0 Å². The molecule has 34 heavy (non-hydrogen) atoms. The number of hydrogen-bond donors (Lipinski definition) is 1. The largest absolute Gasteiger partial charge is 0.465 e. The van der Waals surface area contributed by atoms with Crippen LogP contribution in [0.15, 0.2) is 71.8 Å². The molecule has 0 aliphatic carbocycles. The Morgan fingerprint density at radius 3 is 2.41 bits per heavy atom. The molecule has 0 unspecified atom stereocenters. The van der Waals surface area contributed by atoms with Crippen LogP contribution in [0, 0.1) is 0 Å². The number of hydrogen-bond acceptors (Lipinski definition) is 5. The summed E-state index contributed by atoms with van der Waals surface area (Å²) in [6.07, 6.45) is 0.305. The molecule has 0 radical (unpaired) electrons. The maximum Gasteiger partial charge on any atom is 0.407 e. The Hall–Kier alpha value is -3.63. The maximum absolute atomic E-state index is 13.7. The Morgan fingerprint density at radius 2 is 1.74 bits per heavy atom. The number of benzene rings is 2. The van der Waals surface area contributed by atoms with Crippen molar-refractivity contribution < 1.29 is 27.9 Å². The number of nitrogens with zero attached hydrogens (tertiary/aromatic N) is 3. The SMILES string of the molecule is CN(Cc1cc(-c2ccccc2)n(S(=O)(=O)c2cccc(C(=O)N3CCOCC3)c2)c1)C(=O)O. The molecular formula is C24H25N3O6S. The van der Waals surface area contributed by atoms with Crippen molar-refractivity contribution in [2.24, 2.45) is 0 Å². The molecule has 0 saturated carbocycles. The van der Waals surface area contributed by atoms with Crippen LogP contribution in [0.1, 0.15) is 15.9 Å². The van der Waals surface area contributed by atoms with Crippen LogP contribution < -0.4 is 0 Å². The average molecular weight is 484 g/mol. The van der Waals surface area contributed by atoms with Gasteiger partial charge in [-0.25, -0.2) is 17.2 Å². The van der Waals surface area contributed by atoms with Crippen molar-refractivity contribution >= 4 is 22.0 Å². The summed E-state index contributed by atoms with van der Waals surface area (Å²) in [5, 5.41) is 9.22. The van der Waals surface area contributed by atoms with Crippen LogP contribution in [0.4, 0.5) is 4.79 Å². The van der Waals surface area contributed by atoms with Crippen molar-refractivity contribution in [3.63, 3.8) is 0 Å². The second-order valence-electron chi connectivity index (χ2n) is 7.97. The number of amides is 2. The van der Waals surface area contributed by atoms with E-state index in [2.05, 4.69) is 0 Å². The second-order valence-corrected chi connectivity index (χ2v) is 9.79. The molecule has 178 valence electrons. The smallest absolute Gasteiger partial charge is 0.407 e. The Morgan fingerprint density at radius 1 is 1.03 bits per heavy atom. The zero-order valence-corrected chi connectivity index (χ0v) is 19.4. The Kier molecular flexibility index (Phi) is 6.71. The predicted molar refractivity (Wildman–Crippen MR) is 125 cm³/mol. The van der Waals surface area contributed by atoms with Crippen LogP contribution >= 0.6 is 0 Å². The summed E-state index contributed by atoms with van der Waals surface area (Å²) in [7, 11) is -2.67. The number of carboxylic acid groups (broad SMARTS) is 1. The predicted octanol–water partition coefficient (Wildman–Crippen LogP) is 2.97. The standard InChI is InChI=1S/C24H25N3O6S/c1-25(24(29)30)16-18-14-22(19-6-3-2-4-7-19)27(17-18)34(31,32)21-9-5-8-20(15-21)23(28)26-10-12-33-13-11-26/h2-9,14-15,17H,10-13,16H2,1H3,(H,29,30). The number of aromatic nitrogens is 1. The molecule has 2 aromatic carbocycles. The van der Waals surface area contributed by atoms with Crippen LogP contribution in [0.3, 0.4) is 0 Å². The van der Waals surface area contributed by atoms with Crippen LogP contribution in [-0.4, -0.2) is 72.6 Å². The summed E-state index contributed by atoms with van der Waals surface area (Å²) >= 11 is 0. The van der Waals surface area contributed by atoms with E-state index in [1.54, 1.807) is 47.4 Å². The number of carbonyl (C=O) groups is 2. The third-order valence-corrected chi connectivity index (χ3v) is 7.26. The number of carbonyl (C=O) groups excluding carboxylic acids is 1. The minimum absolute atomic E-state index is 0.0211. The third-order valence-electron chi connectivity index (χ3n) is 5.59. The highest BCUT2D eigenvalue weighted by molar-refractivity contribution is 7.90. The topological polar surface area (TPSA) is 109 Å². The first-order valence-corrected chi connectivity index (χ1v) is 12.1. The lowest BCUT2D eigenvalue weighted by atomic mass is 10.1. The molecule has 4 rings (SSSR count). The number of rotatable bonds is 6. The Labute approximate surface area is 197 Å². The normalized spacial score (nSPS) is 14.1. The first kappa shape index (κ1) is 23.5. The van der Waals surface area contributed by atoms with E-state index in [4.69, 9.17) is 4.74 Å². The van der Waals surface area contributed by atoms with Crippen molar-refractivity contribution in [3.8, 4) is 11.3 Å². The van der Waals surface area contributed by atoms with E-state index in [1.165, 1.54) is 25.4 Å². The molecule has 1 fully saturated rings. The Balaban J connectivity index is 1.75. The molecule has 1 aliphatic heterocycles. The zero-order valence-electron chi connectivity index (χ0n) is 18.6. The highest BCUT2D eigenvalue weighted by atomic mass is 32.2. The van der Waals surface area contributed by atoms with E-state index < -0.39 is 16.1 Å². The van der Waals surface area contributed by atoms with Crippen LogP contribution in [0.2, 0.25) is 0 Å². The highest BCUT2D eigenvalue weighted by Gasteiger charge is 2.25. The summed E-state index contributed by atoms with van der Waals surface area (Å²) in [4.78, 5) is 26.9. The fraction of sp³-hybridized carbons (Fsp3) is 0.250. The van der Waals surface area contributed by atoms with Crippen molar-refractivity contribution in [1.82, 2.24) is 13.8 Å². The van der Waals surface area contributed by atoms with Crippen molar-refractivity contribution in [2.45, 2.75) is 11.4 Å². The van der Waals surface area contributed by atoms with Gasteiger partial charge in [-0.05, 0) is 35.4 Å². The lowest BCUT2D eigenvalue weighted by Gasteiger charge is -2.27. The summed E-state index contributed by atoms with van der Waals surface area (Å²) in [5.74, 6) is -0.250. The number of morpholine rings is 1. The summed E-state index contributed by atoms with van der Waals surface area (Å²) < 4.78 is 33.8. The second kappa shape index (κ2) is 9.70. The lowest BCUT2D eigenvalue weighted by molar-refractivity contribution is 0.0302. The van der Waals surface area contributed by atoms with Gasteiger partial charge in [0, 0.05) is 31.9 Å². The molecule has 2 heterocycles. The minimum Gasteiger partial charge on any atom is -0.465 e. The first-order valence-electron chi connectivity index (χ1n) is 10.7. The molecule has 1 aromatic heterocycles. The number of ether oxygens (including phenoxy) is 1. The quantitative estimate of drug-likeness (QED) is 0.577. The Bertz CT molecular complexity index is 1300. The molecule has 3 aromatic rings. The average Bonchev–Trinajstić information content (AvgIpc) is 3.29. The van der Waals surface area contributed by atoms with Crippen molar-refractivity contribution in [1.29, 1.82) is 0 Å². The van der Waals surface area contributed by atoms with Gasteiger partial charge in [-0.15, -0.1) is 0 Å². The van der Waals surface area contributed by atoms with Gasteiger partial charge in [-0.3, -0.25) is 4.79 Å². The molecule has 0 spiro atoms. The van der Waals surface area contributed by atoms with Crippen molar-refractivity contribution in [3.05, 3.63) is 78.0 Å². The minimum atomic E-state index is -4.08. The summed E-state index contributed by atoms with van der Waals surface area (Å²) in [6.45, 7) is 1.81. The molecule has 1 saturated heterocycles. The molecular weight excluding hydrogens is 458 g/mol. The van der Waals surface area contributed by atoms with E-state index in [-0.39, 0.29) is 22.9 Å². The van der Waals surface area contributed by atoms with E-state index >= 15 is 0 Å². The molecule has 1 aliphatic rings. The van der Waals surface area contributed by atoms with Gasteiger partial charge in [-0.1, -0.05) is 36.4 Å². The fourth-order valence-electron chi connectivity index (χ4n) is 3.80. The third kappa shape index (κ3) is 4.82. The fourth-order valence-corrected chi connectivity index (χ4v) is 5.24. The molecule has 9 nitrogen and oxygen atoms in total. The van der Waals surface area contributed by atoms with Gasteiger partial charge in [0.1, 0.15) is 0 Å². The van der Waals surface area contributed by atoms with E-state index in [0.29, 0.717) is 43.1 Å². The van der Waals surface area contributed by atoms with Crippen LogP contribution in [0.25, 0.3) is 11.3 Å². The van der Waals surface area contributed by atoms with E-state index in [1.807, 2.05) is 6.07 Å². The van der Waals surface area contributed by atoms with Crippen molar-refractivity contribution in [2.75, 3.05) is 33.4 Å². The molecule has 0 atom stereocenters. The molecule has 2 amide bonds. The summed E-state index contributed by atoms with van der Waals surface area (Å²) in [5.41, 5.74) is 1.87. The van der Waals surface area contributed by atoms with E-state index in [0.717, 1.165) is 8.87 Å². The molecule has 1 N–H and O–H groups in total. The van der Waals surface area contributed by atoms with E-state index in [9.17, 15) is 23.1 Å². The van der Waals surface area contributed by atoms with Gasteiger partial charge in [-0.2, -0.15) is 0 Å². The molecule has 10 heteroatoms. The van der Waals surface area contributed by atoms with Gasteiger partial charge < -0.3 is 19.6 Å². The molecule has 0 bridgehead atoms. The lowest BCUT2D eigenvalue weighted by Crippen LogP contribution is -2.40. The maximum atomic E-state index is 13.7. The van der Waals surface area contributed by atoms with Gasteiger partial charge in [0.15, 0.2) is 0 Å². The first-order chi connectivity index (χ1) is 16.3. The van der Waals surface area contributed by atoms with Gasteiger partial charge >= 0.3 is 6.09 Å². The zero-order chi connectivity index (χ0) is 24.3. The van der Waals surface area contributed by atoms with Gasteiger partial charge in [0.2, 0.25) is 0 Å². The summed E-state index contributed by atoms with van der Waals surface area (Å²) in [6, 6.07) is 16.6. The van der Waals surface area contributed by atoms with Gasteiger partial charge in [0.05, 0.1) is 30.3 Å². The van der Waals surface area contributed by atoms with Crippen LogP contribution in [-0.2, 0) is 21.3 Å². The highest BCUT2D eigenvalue weighted by Crippen LogP contribution is 2.28. The monoisotopic (exact) mass is 483 g/mol.